The van der Waals surface area contributed by atoms with Crippen molar-refractivity contribution in [3.05, 3.63) is 35.9 Å². The van der Waals surface area contributed by atoms with Crippen molar-refractivity contribution in [3.8, 4) is 0 Å². The molecular formula is C17H27NO3S. The molecule has 2 saturated carbocycles. The van der Waals surface area contributed by atoms with Crippen molar-refractivity contribution >= 4 is 10.1 Å². The summed E-state index contributed by atoms with van der Waals surface area (Å²) in [5, 5.41) is 0. The van der Waals surface area contributed by atoms with Crippen LogP contribution in [-0.4, -0.2) is 25.3 Å². The Kier molecular flexibility index (Phi) is 6.01. The number of nitrogens with two attached hydrogens (primary N) is 1. The Morgan fingerprint density at radius 3 is 2.09 bits per heavy atom. The summed E-state index contributed by atoms with van der Waals surface area (Å²) in [6.07, 6.45) is 9.05. The number of benzene rings is 1. The van der Waals surface area contributed by atoms with Gasteiger partial charge in [-0.15, -0.1) is 0 Å². The van der Waals surface area contributed by atoms with Crippen LogP contribution in [0.25, 0.3) is 0 Å². The smallest absolute Gasteiger partial charge is 0.261 e. The van der Waals surface area contributed by atoms with Crippen molar-refractivity contribution in [1.29, 1.82) is 0 Å². The fourth-order valence-corrected chi connectivity index (χ4v) is 4.00. The number of rotatable bonds is 1. The standard InChI is InChI=1S/C16H23N.CH4O3S/c17-16-11-14-9-5-4-8-13(14)10-15(16)12-6-2-1-3-7-12;1-5(2,3)4/h1-3,6-7,13-16H,4-5,8-11,17H2;1H3,(H,2,3,4)/t13-,14-,15+,16+;/m1./s1. The van der Waals surface area contributed by atoms with Gasteiger partial charge in [0, 0.05) is 6.04 Å². The lowest BCUT2D eigenvalue weighted by molar-refractivity contribution is 0.139. The van der Waals surface area contributed by atoms with Crippen LogP contribution in [0.3, 0.4) is 0 Å². The second kappa shape index (κ2) is 7.57. The Morgan fingerprint density at radius 1 is 1.05 bits per heavy atom. The van der Waals surface area contributed by atoms with Crippen molar-refractivity contribution in [2.75, 3.05) is 6.26 Å². The van der Waals surface area contributed by atoms with Gasteiger partial charge >= 0.3 is 0 Å². The predicted molar refractivity (Wildman–Crippen MR) is 89.3 cm³/mol. The fraction of sp³-hybridized carbons (Fsp3) is 0.647. The Morgan fingerprint density at radius 2 is 1.55 bits per heavy atom. The van der Waals surface area contributed by atoms with E-state index in [1.807, 2.05) is 0 Å². The molecule has 2 fully saturated rings. The number of hydrogen-bond acceptors (Lipinski definition) is 3. The first kappa shape index (κ1) is 17.4. The summed E-state index contributed by atoms with van der Waals surface area (Å²) >= 11 is 0. The van der Waals surface area contributed by atoms with Gasteiger partial charge in [-0.1, -0.05) is 56.0 Å². The third-order valence-corrected chi connectivity index (χ3v) is 4.94. The molecule has 0 unspecified atom stereocenters. The van der Waals surface area contributed by atoms with Crippen molar-refractivity contribution in [1.82, 2.24) is 0 Å². The van der Waals surface area contributed by atoms with Crippen molar-refractivity contribution in [3.63, 3.8) is 0 Å². The zero-order valence-corrected chi connectivity index (χ0v) is 14.0. The second-order valence-electron chi connectivity index (χ2n) is 6.69. The molecule has 0 heterocycles. The molecule has 3 N–H and O–H groups in total. The van der Waals surface area contributed by atoms with E-state index in [4.69, 9.17) is 10.3 Å². The van der Waals surface area contributed by atoms with Crippen LogP contribution in [0, 0.1) is 11.8 Å². The molecule has 0 aromatic heterocycles. The minimum absolute atomic E-state index is 0.386. The summed E-state index contributed by atoms with van der Waals surface area (Å²) in [5.74, 6) is 2.49. The van der Waals surface area contributed by atoms with Gasteiger partial charge in [0.2, 0.25) is 0 Å². The monoisotopic (exact) mass is 325 g/mol. The van der Waals surface area contributed by atoms with E-state index in [2.05, 4.69) is 30.3 Å². The maximum Gasteiger partial charge on any atom is 0.261 e. The van der Waals surface area contributed by atoms with E-state index in [0.717, 1.165) is 11.8 Å². The van der Waals surface area contributed by atoms with Crippen molar-refractivity contribution in [2.45, 2.75) is 50.5 Å². The van der Waals surface area contributed by atoms with E-state index < -0.39 is 10.1 Å². The van der Waals surface area contributed by atoms with Gasteiger partial charge in [0.1, 0.15) is 0 Å². The number of fused-ring (bicyclic) bond motifs is 1. The van der Waals surface area contributed by atoms with E-state index in [-0.39, 0.29) is 0 Å². The molecule has 2 aliphatic rings. The Bertz CT molecular complexity index is 551. The molecule has 0 amide bonds. The highest BCUT2D eigenvalue weighted by molar-refractivity contribution is 7.85. The Hall–Kier alpha value is -0.910. The van der Waals surface area contributed by atoms with Crippen LogP contribution in [0.15, 0.2) is 30.3 Å². The fourth-order valence-electron chi connectivity index (χ4n) is 4.00. The first-order valence-corrected chi connectivity index (χ1v) is 9.92. The Balaban J connectivity index is 0.000000309. The third-order valence-electron chi connectivity index (χ3n) is 4.94. The highest BCUT2D eigenvalue weighted by Gasteiger charge is 2.36. The average Bonchev–Trinajstić information content (AvgIpc) is 2.46. The maximum absolute atomic E-state index is 9.19. The zero-order valence-electron chi connectivity index (χ0n) is 13.2. The molecule has 5 heteroatoms. The first-order valence-electron chi connectivity index (χ1n) is 8.07. The van der Waals surface area contributed by atoms with E-state index in [1.165, 1.54) is 44.1 Å². The van der Waals surface area contributed by atoms with Crippen LogP contribution in [0.5, 0.6) is 0 Å². The van der Waals surface area contributed by atoms with Crippen LogP contribution in [-0.2, 0) is 10.1 Å². The topological polar surface area (TPSA) is 80.4 Å². The largest absolute Gasteiger partial charge is 0.327 e. The third kappa shape index (κ3) is 5.38. The molecule has 4 nitrogen and oxygen atoms in total. The molecule has 1 aromatic carbocycles. The lowest BCUT2D eigenvalue weighted by Gasteiger charge is -2.43. The lowest BCUT2D eigenvalue weighted by atomic mass is 9.64. The highest BCUT2D eigenvalue weighted by atomic mass is 32.2. The molecule has 2 aliphatic carbocycles. The normalized spacial score (nSPS) is 31.6. The molecular weight excluding hydrogens is 298 g/mol. The van der Waals surface area contributed by atoms with E-state index in [0.29, 0.717) is 18.2 Å². The second-order valence-corrected chi connectivity index (χ2v) is 8.16. The maximum atomic E-state index is 9.19. The molecule has 124 valence electrons. The molecule has 22 heavy (non-hydrogen) atoms. The summed E-state index contributed by atoms with van der Waals surface area (Å²) in [7, 11) is -3.67. The van der Waals surface area contributed by atoms with Crippen molar-refractivity contribution < 1.29 is 13.0 Å². The molecule has 4 atom stereocenters. The number of hydrogen-bond donors (Lipinski definition) is 2. The zero-order chi connectivity index (χ0) is 16.2. The van der Waals surface area contributed by atoms with Crippen LogP contribution in [0.1, 0.15) is 50.0 Å². The summed E-state index contributed by atoms with van der Waals surface area (Å²) in [6.45, 7) is 0. The summed E-state index contributed by atoms with van der Waals surface area (Å²) in [6, 6.07) is 11.3. The predicted octanol–water partition coefficient (Wildman–Crippen LogP) is 3.20. The summed E-state index contributed by atoms with van der Waals surface area (Å²) in [4.78, 5) is 0. The summed E-state index contributed by atoms with van der Waals surface area (Å²) < 4.78 is 25.9. The van der Waals surface area contributed by atoms with Crippen LogP contribution in [0.2, 0.25) is 0 Å². The molecule has 3 rings (SSSR count). The average molecular weight is 325 g/mol. The van der Waals surface area contributed by atoms with Crippen LogP contribution >= 0.6 is 0 Å². The van der Waals surface area contributed by atoms with Gasteiger partial charge in [0.15, 0.2) is 0 Å². The van der Waals surface area contributed by atoms with Gasteiger partial charge in [0.25, 0.3) is 10.1 Å². The summed E-state index contributed by atoms with van der Waals surface area (Å²) in [5.41, 5.74) is 7.88. The molecule has 0 saturated heterocycles. The van der Waals surface area contributed by atoms with E-state index >= 15 is 0 Å². The van der Waals surface area contributed by atoms with Gasteiger partial charge in [-0.3, -0.25) is 4.55 Å². The van der Waals surface area contributed by atoms with Gasteiger partial charge in [-0.05, 0) is 36.2 Å². The van der Waals surface area contributed by atoms with E-state index in [1.54, 1.807) is 0 Å². The quantitative estimate of drug-likeness (QED) is 0.777. The Labute approximate surface area is 133 Å². The minimum Gasteiger partial charge on any atom is -0.327 e. The van der Waals surface area contributed by atoms with E-state index in [9.17, 15) is 8.42 Å². The SMILES string of the molecule is CS(=O)(=O)O.N[C@H]1C[C@H]2CCCC[C@@H]2C[C@H]1c1ccccc1. The van der Waals surface area contributed by atoms with Crippen LogP contribution < -0.4 is 5.73 Å². The van der Waals surface area contributed by atoms with Gasteiger partial charge in [-0.2, -0.15) is 8.42 Å². The molecule has 0 bridgehead atoms. The van der Waals surface area contributed by atoms with Gasteiger partial charge in [-0.25, -0.2) is 0 Å². The van der Waals surface area contributed by atoms with Gasteiger partial charge in [0.05, 0.1) is 6.26 Å². The molecule has 0 radical (unpaired) electrons. The molecule has 0 spiro atoms. The van der Waals surface area contributed by atoms with Gasteiger partial charge < -0.3 is 5.73 Å². The highest BCUT2D eigenvalue weighted by Crippen LogP contribution is 2.45. The van der Waals surface area contributed by atoms with Crippen LogP contribution in [0.4, 0.5) is 0 Å². The molecule has 0 aliphatic heterocycles. The minimum atomic E-state index is -3.67. The van der Waals surface area contributed by atoms with Crippen molar-refractivity contribution in [2.24, 2.45) is 17.6 Å². The lowest BCUT2D eigenvalue weighted by Crippen LogP contribution is -2.40. The molecule has 1 aromatic rings. The first-order chi connectivity index (χ1) is 10.3.